The fraction of sp³-hybridized carbons (Fsp3) is 0.500. The Morgan fingerprint density at radius 3 is 2.34 bits per heavy atom. The van der Waals surface area contributed by atoms with Crippen LogP contribution in [0.4, 0.5) is 24.5 Å². The molecule has 35 heavy (non-hydrogen) atoms. The lowest BCUT2D eigenvalue weighted by molar-refractivity contribution is -0.132. The first-order valence-electron chi connectivity index (χ1n) is 12.2. The number of halogens is 4. The predicted molar refractivity (Wildman–Crippen MR) is 137 cm³/mol. The van der Waals surface area contributed by atoms with Gasteiger partial charge in [0.25, 0.3) is 0 Å². The average molecular weight is 526 g/mol. The monoisotopic (exact) mass is 525 g/mol. The molecule has 1 N–H and O–H groups in total. The summed E-state index contributed by atoms with van der Waals surface area (Å²) < 4.78 is 37.6. The summed E-state index contributed by atoms with van der Waals surface area (Å²) in [7, 11) is 0. The highest BCUT2D eigenvalue weighted by Crippen LogP contribution is 2.37. The normalized spacial score (nSPS) is 19.6. The van der Waals surface area contributed by atoms with Crippen LogP contribution in [-0.2, 0) is 4.79 Å². The zero-order valence-electron chi connectivity index (χ0n) is 19.6. The Hall–Kier alpha value is -2.06. The molecule has 0 saturated carbocycles. The van der Waals surface area contributed by atoms with E-state index >= 15 is 0 Å². The Morgan fingerprint density at radius 2 is 1.69 bits per heavy atom. The Bertz CT molecular complexity index is 963. The van der Waals surface area contributed by atoms with Crippen molar-refractivity contribution in [3.63, 3.8) is 0 Å². The third kappa shape index (κ3) is 7.97. The van der Waals surface area contributed by atoms with Gasteiger partial charge in [0.15, 0.2) is 0 Å². The number of alkyl halides is 3. The maximum absolute atomic E-state index is 12.9. The molecule has 0 aliphatic carbocycles. The standard InChI is InChI=1S/C26H31ClF3N3OS/c27-20-4-8-23(9-5-20)32-16-13-19(14-17-32)3-12-25(34)33-15-1-2-22(18-33)31-21-6-10-24(11-7-21)35-26(28,29)30/h4-11,19,22,31H,1-3,12-18H2. The summed E-state index contributed by atoms with van der Waals surface area (Å²) in [5.74, 6) is 0.767. The number of amides is 1. The van der Waals surface area contributed by atoms with Crippen LogP contribution in [-0.4, -0.2) is 48.5 Å². The number of anilines is 2. The number of hydrogen-bond acceptors (Lipinski definition) is 4. The molecule has 0 radical (unpaired) electrons. The zero-order valence-corrected chi connectivity index (χ0v) is 21.1. The molecule has 2 aromatic rings. The van der Waals surface area contributed by atoms with Gasteiger partial charge in [0, 0.05) is 59.9 Å². The molecule has 2 aliphatic rings. The molecule has 190 valence electrons. The fourth-order valence-electron chi connectivity index (χ4n) is 4.93. The Balaban J connectivity index is 1.19. The lowest BCUT2D eigenvalue weighted by Crippen LogP contribution is -2.45. The summed E-state index contributed by atoms with van der Waals surface area (Å²) in [5.41, 5.74) is -2.31. The van der Waals surface area contributed by atoms with Crippen LogP contribution >= 0.6 is 23.4 Å². The second-order valence-electron chi connectivity index (χ2n) is 9.34. The van der Waals surface area contributed by atoms with Crippen LogP contribution in [0.15, 0.2) is 53.4 Å². The highest BCUT2D eigenvalue weighted by molar-refractivity contribution is 8.00. The van der Waals surface area contributed by atoms with E-state index in [1.165, 1.54) is 17.8 Å². The van der Waals surface area contributed by atoms with Gasteiger partial charge in [-0.05, 0) is 98.3 Å². The second kappa shape index (κ2) is 11.8. The van der Waals surface area contributed by atoms with Crippen LogP contribution in [0.3, 0.4) is 0 Å². The first-order valence-corrected chi connectivity index (χ1v) is 13.4. The third-order valence-corrected chi connectivity index (χ3v) is 7.80. The number of carbonyl (C=O) groups excluding carboxylic acids is 1. The van der Waals surface area contributed by atoms with Gasteiger partial charge in [0.05, 0.1) is 0 Å². The van der Waals surface area contributed by atoms with Gasteiger partial charge in [-0.25, -0.2) is 0 Å². The zero-order chi connectivity index (χ0) is 24.8. The maximum atomic E-state index is 12.9. The van der Waals surface area contributed by atoms with Crippen molar-refractivity contribution in [3.8, 4) is 0 Å². The molecule has 0 spiro atoms. The molecule has 2 fully saturated rings. The summed E-state index contributed by atoms with van der Waals surface area (Å²) in [5, 5.41) is 4.13. The van der Waals surface area contributed by atoms with Crippen LogP contribution in [0.2, 0.25) is 5.02 Å². The minimum Gasteiger partial charge on any atom is -0.381 e. The minimum absolute atomic E-state index is 0.108. The molecule has 0 aromatic heterocycles. The Labute approximate surface area is 214 Å². The first kappa shape index (κ1) is 26.0. The number of thioether (sulfide) groups is 1. The summed E-state index contributed by atoms with van der Waals surface area (Å²) in [6.07, 6.45) is 5.52. The molecule has 2 saturated heterocycles. The van der Waals surface area contributed by atoms with E-state index in [4.69, 9.17) is 11.6 Å². The van der Waals surface area contributed by atoms with Crippen molar-refractivity contribution in [1.29, 1.82) is 0 Å². The highest BCUT2D eigenvalue weighted by Gasteiger charge is 2.29. The largest absolute Gasteiger partial charge is 0.446 e. The van der Waals surface area contributed by atoms with Gasteiger partial charge in [-0.2, -0.15) is 13.2 Å². The number of likely N-dealkylation sites (tertiary alicyclic amines) is 1. The van der Waals surface area contributed by atoms with Crippen molar-refractivity contribution in [2.24, 2.45) is 5.92 Å². The van der Waals surface area contributed by atoms with E-state index in [9.17, 15) is 18.0 Å². The first-order chi connectivity index (χ1) is 16.7. The average Bonchev–Trinajstić information content (AvgIpc) is 2.84. The molecule has 2 aliphatic heterocycles. The van der Waals surface area contributed by atoms with E-state index in [0.29, 0.717) is 18.9 Å². The molecule has 2 aromatic carbocycles. The lowest BCUT2D eigenvalue weighted by Gasteiger charge is -2.35. The highest BCUT2D eigenvalue weighted by atomic mass is 35.5. The van der Waals surface area contributed by atoms with Crippen molar-refractivity contribution in [2.45, 2.75) is 55.0 Å². The van der Waals surface area contributed by atoms with Gasteiger partial charge in [-0.3, -0.25) is 4.79 Å². The minimum atomic E-state index is -4.28. The van der Waals surface area contributed by atoms with E-state index in [0.717, 1.165) is 62.4 Å². The molecule has 9 heteroatoms. The van der Waals surface area contributed by atoms with Gasteiger partial charge in [0.1, 0.15) is 0 Å². The molecular formula is C26H31ClF3N3OS. The molecule has 4 nitrogen and oxygen atoms in total. The van der Waals surface area contributed by atoms with Gasteiger partial charge in [0.2, 0.25) is 5.91 Å². The fourth-order valence-corrected chi connectivity index (χ4v) is 5.59. The molecular weight excluding hydrogens is 495 g/mol. The topological polar surface area (TPSA) is 35.6 Å². The summed E-state index contributed by atoms with van der Waals surface area (Å²) in [6.45, 7) is 3.40. The number of carbonyl (C=O) groups is 1. The molecule has 1 atom stereocenters. The number of nitrogens with one attached hydrogen (secondary N) is 1. The van der Waals surface area contributed by atoms with Gasteiger partial charge >= 0.3 is 5.51 Å². The summed E-state index contributed by atoms with van der Waals surface area (Å²) >= 11 is 5.88. The van der Waals surface area contributed by atoms with Crippen LogP contribution in [0.25, 0.3) is 0 Å². The quantitative estimate of drug-likeness (QED) is 0.393. The van der Waals surface area contributed by atoms with Gasteiger partial charge in [-0.1, -0.05) is 11.6 Å². The van der Waals surface area contributed by atoms with E-state index in [-0.39, 0.29) is 28.6 Å². The van der Waals surface area contributed by atoms with Crippen LogP contribution in [0.5, 0.6) is 0 Å². The molecule has 1 unspecified atom stereocenters. The second-order valence-corrected chi connectivity index (χ2v) is 10.9. The number of nitrogens with zero attached hydrogens (tertiary/aromatic N) is 2. The molecule has 4 rings (SSSR count). The summed E-state index contributed by atoms with van der Waals surface area (Å²) in [4.78, 5) is 17.4. The van der Waals surface area contributed by atoms with E-state index in [2.05, 4.69) is 22.3 Å². The number of benzene rings is 2. The third-order valence-electron chi connectivity index (χ3n) is 6.81. The molecule has 1 amide bonds. The molecule has 2 heterocycles. The van der Waals surface area contributed by atoms with Crippen molar-refractivity contribution in [1.82, 2.24) is 4.90 Å². The lowest BCUT2D eigenvalue weighted by atomic mass is 9.91. The number of piperidine rings is 2. The van der Waals surface area contributed by atoms with Crippen molar-refractivity contribution >= 4 is 40.6 Å². The van der Waals surface area contributed by atoms with E-state index in [1.54, 1.807) is 12.1 Å². The number of rotatable bonds is 7. The molecule has 0 bridgehead atoms. The Morgan fingerprint density at radius 1 is 1.00 bits per heavy atom. The smallest absolute Gasteiger partial charge is 0.381 e. The van der Waals surface area contributed by atoms with Crippen molar-refractivity contribution in [3.05, 3.63) is 53.6 Å². The van der Waals surface area contributed by atoms with Crippen molar-refractivity contribution in [2.75, 3.05) is 36.4 Å². The maximum Gasteiger partial charge on any atom is 0.446 e. The summed E-state index contributed by atoms with van der Waals surface area (Å²) in [6, 6.07) is 14.4. The van der Waals surface area contributed by atoms with Crippen LogP contribution in [0.1, 0.15) is 38.5 Å². The van der Waals surface area contributed by atoms with E-state index < -0.39 is 5.51 Å². The van der Waals surface area contributed by atoms with Crippen LogP contribution in [0, 0.1) is 5.92 Å². The van der Waals surface area contributed by atoms with Gasteiger partial charge in [-0.15, -0.1) is 0 Å². The van der Waals surface area contributed by atoms with Crippen LogP contribution < -0.4 is 10.2 Å². The predicted octanol–water partition coefficient (Wildman–Crippen LogP) is 7.05. The van der Waals surface area contributed by atoms with Crippen molar-refractivity contribution < 1.29 is 18.0 Å². The number of hydrogen-bond donors (Lipinski definition) is 1. The SMILES string of the molecule is O=C(CCC1CCN(c2ccc(Cl)cc2)CC1)N1CCCC(Nc2ccc(SC(F)(F)F)cc2)C1. The Kier molecular flexibility index (Phi) is 8.76. The van der Waals surface area contributed by atoms with Gasteiger partial charge < -0.3 is 15.1 Å². The van der Waals surface area contributed by atoms with E-state index in [1.807, 2.05) is 17.0 Å².